The highest BCUT2D eigenvalue weighted by Gasteiger charge is 2.22. The third-order valence-corrected chi connectivity index (χ3v) is 4.67. The van der Waals surface area contributed by atoms with E-state index in [1.165, 1.54) is 12.0 Å². The van der Waals surface area contributed by atoms with Crippen molar-refractivity contribution >= 4 is 23.3 Å². The second-order valence-corrected chi connectivity index (χ2v) is 6.73. The lowest BCUT2D eigenvalue weighted by atomic mass is 10.1. The van der Waals surface area contributed by atoms with E-state index in [-0.39, 0.29) is 11.9 Å². The number of anilines is 2. The van der Waals surface area contributed by atoms with Crippen LogP contribution in [0.25, 0.3) is 0 Å². The first-order valence-electron chi connectivity index (χ1n) is 9.10. The molecule has 1 fully saturated rings. The highest BCUT2D eigenvalue weighted by atomic mass is 16.5. The number of carbonyl (C=O) groups is 2. The Morgan fingerprint density at radius 3 is 2.50 bits per heavy atom. The number of ether oxygens (including phenoxy) is 1. The van der Waals surface area contributed by atoms with Gasteiger partial charge in [0.25, 0.3) is 5.91 Å². The molecular formula is C20H25N5O3. The van der Waals surface area contributed by atoms with E-state index in [2.05, 4.69) is 15.2 Å². The van der Waals surface area contributed by atoms with Crippen molar-refractivity contribution < 1.29 is 14.3 Å². The molecule has 8 heteroatoms. The number of carbonyl (C=O) groups excluding carboxylic acids is 2. The fourth-order valence-electron chi connectivity index (χ4n) is 3.10. The molecule has 8 nitrogen and oxygen atoms in total. The zero-order chi connectivity index (χ0) is 20.1. The SMILES string of the molecule is COc1ccc(NC(=O)N2CCN(c3cccnc3)CC2)cc1C(=O)N(C)C. The molecule has 2 aromatic rings. The topological polar surface area (TPSA) is 78.0 Å². The molecule has 0 bridgehead atoms. The molecule has 1 aliphatic rings. The van der Waals surface area contributed by atoms with E-state index in [0.29, 0.717) is 30.1 Å². The van der Waals surface area contributed by atoms with E-state index in [1.807, 2.05) is 18.3 Å². The average molecular weight is 383 g/mol. The molecule has 0 radical (unpaired) electrons. The molecule has 0 atom stereocenters. The van der Waals surface area contributed by atoms with E-state index in [1.54, 1.807) is 43.4 Å². The van der Waals surface area contributed by atoms with Gasteiger partial charge >= 0.3 is 6.03 Å². The van der Waals surface area contributed by atoms with Crippen molar-refractivity contribution in [3.8, 4) is 5.75 Å². The standard InChI is InChI=1S/C20H25N5O3/c1-23(2)19(26)17-13-15(6-7-18(17)28-3)22-20(27)25-11-9-24(10-12-25)16-5-4-8-21-14-16/h4-8,13-14H,9-12H2,1-3H3,(H,22,27). The molecule has 1 saturated heterocycles. The Morgan fingerprint density at radius 2 is 1.89 bits per heavy atom. The second kappa shape index (κ2) is 8.60. The van der Waals surface area contributed by atoms with E-state index in [4.69, 9.17) is 4.74 Å². The summed E-state index contributed by atoms with van der Waals surface area (Å²) in [5.74, 6) is 0.291. The number of methoxy groups -OCH3 is 1. The van der Waals surface area contributed by atoms with Crippen LogP contribution in [0.1, 0.15) is 10.4 Å². The third-order valence-electron chi connectivity index (χ3n) is 4.67. The van der Waals surface area contributed by atoms with Gasteiger partial charge in [0.2, 0.25) is 0 Å². The molecule has 1 aliphatic heterocycles. The molecule has 0 aliphatic carbocycles. The Balaban J connectivity index is 1.64. The van der Waals surface area contributed by atoms with Crippen LogP contribution in [0.5, 0.6) is 5.75 Å². The Morgan fingerprint density at radius 1 is 1.14 bits per heavy atom. The number of nitrogens with one attached hydrogen (secondary N) is 1. The molecule has 0 unspecified atom stereocenters. The van der Waals surface area contributed by atoms with Crippen LogP contribution >= 0.6 is 0 Å². The van der Waals surface area contributed by atoms with Gasteiger partial charge in [0.1, 0.15) is 5.75 Å². The maximum Gasteiger partial charge on any atom is 0.321 e. The number of amides is 3. The van der Waals surface area contributed by atoms with Crippen molar-refractivity contribution in [2.75, 3.05) is 57.6 Å². The normalized spacial score (nSPS) is 13.8. The van der Waals surface area contributed by atoms with Gasteiger partial charge < -0.3 is 24.8 Å². The predicted octanol–water partition coefficient (Wildman–Crippen LogP) is 2.15. The van der Waals surface area contributed by atoms with Gasteiger partial charge in [0, 0.05) is 52.2 Å². The van der Waals surface area contributed by atoms with Gasteiger partial charge in [-0.25, -0.2) is 4.79 Å². The van der Waals surface area contributed by atoms with Crippen LogP contribution in [0.15, 0.2) is 42.7 Å². The molecule has 3 amide bonds. The quantitative estimate of drug-likeness (QED) is 0.875. The molecule has 3 rings (SSSR count). The Kier molecular flexibility index (Phi) is 5.98. The van der Waals surface area contributed by atoms with Crippen LogP contribution in [0, 0.1) is 0 Å². The minimum absolute atomic E-state index is 0.181. The number of hydrogen-bond donors (Lipinski definition) is 1. The van der Waals surface area contributed by atoms with Crippen molar-refractivity contribution in [1.82, 2.24) is 14.8 Å². The summed E-state index contributed by atoms with van der Waals surface area (Å²) < 4.78 is 5.27. The summed E-state index contributed by atoms with van der Waals surface area (Å²) in [6.45, 7) is 2.71. The Hall–Kier alpha value is -3.29. The smallest absolute Gasteiger partial charge is 0.321 e. The van der Waals surface area contributed by atoms with Gasteiger partial charge in [-0.2, -0.15) is 0 Å². The van der Waals surface area contributed by atoms with Crippen molar-refractivity contribution in [3.63, 3.8) is 0 Å². The first kappa shape index (κ1) is 19.5. The largest absolute Gasteiger partial charge is 0.496 e. The van der Waals surface area contributed by atoms with Crippen molar-refractivity contribution in [3.05, 3.63) is 48.3 Å². The predicted molar refractivity (Wildman–Crippen MR) is 108 cm³/mol. The summed E-state index contributed by atoms with van der Waals surface area (Å²) in [6, 6.07) is 8.81. The first-order valence-corrected chi connectivity index (χ1v) is 9.10. The number of hydrogen-bond acceptors (Lipinski definition) is 5. The lowest BCUT2D eigenvalue weighted by molar-refractivity contribution is 0.0824. The van der Waals surface area contributed by atoms with Gasteiger partial charge in [-0.15, -0.1) is 0 Å². The minimum Gasteiger partial charge on any atom is -0.496 e. The number of urea groups is 1. The van der Waals surface area contributed by atoms with E-state index < -0.39 is 0 Å². The molecule has 1 aromatic carbocycles. The fourth-order valence-corrected chi connectivity index (χ4v) is 3.10. The van der Waals surface area contributed by atoms with Gasteiger partial charge in [-0.3, -0.25) is 9.78 Å². The van der Waals surface area contributed by atoms with Gasteiger partial charge in [-0.05, 0) is 30.3 Å². The van der Waals surface area contributed by atoms with Crippen LogP contribution < -0.4 is 15.0 Å². The monoisotopic (exact) mass is 383 g/mol. The van der Waals surface area contributed by atoms with Gasteiger partial charge in [-0.1, -0.05) is 0 Å². The van der Waals surface area contributed by atoms with Gasteiger partial charge in [0.15, 0.2) is 0 Å². The molecule has 2 heterocycles. The Labute approximate surface area is 164 Å². The molecule has 148 valence electrons. The van der Waals surface area contributed by atoms with Crippen molar-refractivity contribution in [2.45, 2.75) is 0 Å². The number of pyridine rings is 1. The van der Waals surface area contributed by atoms with Crippen molar-refractivity contribution in [2.24, 2.45) is 0 Å². The summed E-state index contributed by atoms with van der Waals surface area (Å²) in [5, 5.41) is 2.88. The molecular weight excluding hydrogens is 358 g/mol. The maximum absolute atomic E-state index is 12.6. The number of rotatable bonds is 4. The van der Waals surface area contributed by atoms with E-state index in [0.717, 1.165) is 18.8 Å². The third kappa shape index (κ3) is 4.33. The fraction of sp³-hybridized carbons (Fsp3) is 0.350. The number of piperazine rings is 1. The lowest BCUT2D eigenvalue weighted by Gasteiger charge is -2.35. The van der Waals surface area contributed by atoms with Gasteiger partial charge in [0.05, 0.1) is 24.6 Å². The molecule has 0 spiro atoms. The zero-order valence-electron chi connectivity index (χ0n) is 16.4. The van der Waals surface area contributed by atoms with Crippen molar-refractivity contribution in [1.29, 1.82) is 0 Å². The second-order valence-electron chi connectivity index (χ2n) is 6.73. The zero-order valence-corrected chi connectivity index (χ0v) is 16.4. The van der Waals surface area contributed by atoms with Crippen LogP contribution in [0.3, 0.4) is 0 Å². The van der Waals surface area contributed by atoms with Crippen LogP contribution in [0.4, 0.5) is 16.2 Å². The van der Waals surface area contributed by atoms with Crippen LogP contribution in [-0.2, 0) is 0 Å². The summed E-state index contributed by atoms with van der Waals surface area (Å²) in [6.07, 6.45) is 3.58. The summed E-state index contributed by atoms with van der Waals surface area (Å²) >= 11 is 0. The summed E-state index contributed by atoms with van der Waals surface area (Å²) in [4.78, 5) is 34.6. The Bertz CT molecular complexity index is 833. The minimum atomic E-state index is -0.182. The number of aromatic nitrogens is 1. The molecule has 0 saturated carbocycles. The first-order chi connectivity index (χ1) is 13.5. The van der Waals surface area contributed by atoms with E-state index in [9.17, 15) is 9.59 Å². The van der Waals surface area contributed by atoms with Crippen LogP contribution in [0.2, 0.25) is 0 Å². The number of benzene rings is 1. The molecule has 1 N–H and O–H groups in total. The summed E-state index contributed by atoms with van der Waals surface area (Å²) in [5.41, 5.74) is 2.03. The average Bonchev–Trinajstić information content (AvgIpc) is 2.73. The van der Waals surface area contributed by atoms with E-state index >= 15 is 0 Å². The molecule has 1 aromatic heterocycles. The lowest BCUT2D eigenvalue weighted by Crippen LogP contribution is -2.50. The number of nitrogens with zero attached hydrogens (tertiary/aromatic N) is 4. The maximum atomic E-state index is 12.6. The highest BCUT2D eigenvalue weighted by molar-refractivity contribution is 5.99. The van der Waals surface area contributed by atoms with Crippen LogP contribution in [-0.4, -0.2) is 74.1 Å². The highest BCUT2D eigenvalue weighted by Crippen LogP contribution is 2.24. The summed E-state index contributed by atoms with van der Waals surface area (Å²) in [7, 11) is 4.87. The molecule has 28 heavy (non-hydrogen) atoms.